The second-order valence-corrected chi connectivity index (χ2v) is 6.50. The number of rotatable bonds is 4. The Morgan fingerprint density at radius 3 is 2.46 bits per heavy atom. The Morgan fingerprint density at radius 2 is 1.88 bits per heavy atom. The summed E-state index contributed by atoms with van der Waals surface area (Å²) in [6.45, 7) is 1.63. The van der Waals surface area contributed by atoms with E-state index in [9.17, 15) is 20.0 Å². The molecule has 2 rings (SSSR count). The van der Waals surface area contributed by atoms with Gasteiger partial charge in [-0.3, -0.25) is 14.9 Å². The number of nitrogens with one attached hydrogen (secondary N) is 1. The van der Waals surface area contributed by atoms with Gasteiger partial charge in [-0.2, -0.15) is 5.10 Å². The number of hydrazone groups is 1. The van der Waals surface area contributed by atoms with Gasteiger partial charge in [-0.15, -0.1) is 0 Å². The molecule has 0 spiro atoms. The predicted molar refractivity (Wildman–Crippen MR) is 96.3 cm³/mol. The van der Waals surface area contributed by atoms with Crippen LogP contribution in [0.5, 0.6) is 5.75 Å². The quantitative estimate of drug-likeness (QED) is 0.412. The number of carbonyl (C=O) groups excluding carboxylic acids is 1. The smallest absolute Gasteiger partial charge is 0.271 e. The highest BCUT2D eigenvalue weighted by molar-refractivity contribution is 9.11. The van der Waals surface area contributed by atoms with E-state index in [0.29, 0.717) is 15.7 Å². The Kier molecular flexibility index (Phi) is 5.68. The molecule has 2 aromatic carbocycles. The number of phenolic OH excluding ortho intramolecular Hbond substituents is 1. The van der Waals surface area contributed by atoms with Crippen molar-refractivity contribution < 1.29 is 14.8 Å². The number of halogens is 2. The van der Waals surface area contributed by atoms with Gasteiger partial charge in [-0.25, -0.2) is 5.43 Å². The summed E-state index contributed by atoms with van der Waals surface area (Å²) in [5.74, 6) is -0.512. The maximum absolute atomic E-state index is 12.0. The molecule has 0 unspecified atom stereocenters. The van der Waals surface area contributed by atoms with Gasteiger partial charge >= 0.3 is 0 Å². The summed E-state index contributed by atoms with van der Waals surface area (Å²) in [5.41, 5.74) is 3.32. The van der Waals surface area contributed by atoms with Crippen molar-refractivity contribution in [3.05, 3.63) is 66.6 Å². The number of aromatic hydroxyl groups is 1. The topological polar surface area (TPSA) is 105 Å². The van der Waals surface area contributed by atoms with Gasteiger partial charge in [0.15, 0.2) is 0 Å². The molecule has 24 heavy (non-hydrogen) atoms. The molecule has 124 valence electrons. The van der Waals surface area contributed by atoms with Crippen LogP contribution in [-0.2, 0) is 0 Å². The van der Waals surface area contributed by atoms with Crippen LogP contribution in [0.25, 0.3) is 0 Å². The van der Waals surface area contributed by atoms with Crippen molar-refractivity contribution in [2.75, 3.05) is 0 Å². The molecule has 0 aliphatic carbocycles. The molecule has 0 atom stereocenters. The highest BCUT2D eigenvalue weighted by Crippen LogP contribution is 2.32. The van der Waals surface area contributed by atoms with Crippen LogP contribution in [0.4, 0.5) is 5.69 Å². The Balaban J connectivity index is 2.17. The lowest BCUT2D eigenvalue weighted by molar-refractivity contribution is -0.384. The first-order chi connectivity index (χ1) is 11.3. The number of hydrogen-bond acceptors (Lipinski definition) is 5. The van der Waals surface area contributed by atoms with Gasteiger partial charge in [0, 0.05) is 27.7 Å². The van der Waals surface area contributed by atoms with Crippen molar-refractivity contribution in [3.8, 4) is 5.75 Å². The van der Waals surface area contributed by atoms with Crippen molar-refractivity contribution in [3.63, 3.8) is 0 Å². The highest BCUT2D eigenvalue weighted by atomic mass is 79.9. The summed E-state index contributed by atoms with van der Waals surface area (Å²) in [5, 5.41) is 24.6. The molecule has 0 bridgehead atoms. The molecule has 0 saturated heterocycles. The van der Waals surface area contributed by atoms with Crippen LogP contribution in [0.3, 0.4) is 0 Å². The second kappa shape index (κ2) is 7.54. The second-order valence-electron chi connectivity index (χ2n) is 4.73. The van der Waals surface area contributed by atoms with Gasteiger partial charge in [0.25, 0.3) is 11.6 Å². The fourth-order valence-corrected chi connectivity index (χ4v) is 3.06. The summed E-state index contributed by atoms with van der Waals surface area (Å²) in [6, 6.07) is 8.50. The average Bonchev–Trinajstić information content (AvgIpc) is 2.55. The van der Waals surface area contributed by atoms with Crippen molar-refractivity contribution in [1.82, 2.24) is 5.43 Å². The Morgan fingerprint density at radius 1 is 1.25 bits per heavy atom. The SMILES string of the molecule is C/C(=N\NC(=O)c1ccc([N+](=O)[O-])cc1)c1cc(Br)cc(Br)c1O. The summed E-state index contributed by atoms with van der Waals surface area (Å²) in [6.07, 6.45) is 0. The van der Waals surface area contributed by atoms with Gasteiger partial charge in [0.1, 0.15) is 5.75 Å². The van der Waals surface area contributed by atoms with E-state index in [-0.39, 0.29) is 17.0 Å². The number of phenols is 1. The third-order valence-electron chi connectivity index (χ3n) is 3.08. The number of non-ortho nitro benzene ring substituents is 1. The molecule has 7 nitrogen and oxygen atoms in total. The van der Waals surface area contributed by atoms with E-state index in [0.717, 1.165) is 4.47 Å². The summed E-state index contributed by atoms with van der Waals surface area (Å²) >= 11 is 6.54. The highest BCUT2D eigenvalue weighted by Gasteiger charge is 2.12. The molecular formula is C15H11Br2N3O4. The Bertz CT molecular complexity index is 835. The molecule has 0 radical (unpaired) electrons. The predicted octanol–water partition coefficient (Wildman–Crippen LogP) is 3.98. The molecule has 0 fully saturated rings. The molecule has 2 N–H and O–H groups in total. The van der Waals surface area contributed by atoms with E-state index in [1.807, 2.05) is 0 Å². The van der Waals surface area contributed by atoms with Crippen LogP contribution in [0.1, 0.15) is 22.8 Å². The van der Waals surface area contributed by atoms with E-state index in [4.69, 9.17) is 0 Å². The van der Waals surface area contributed by atoms with Crippen LogP contribution in [-0.4, -0.2) is 21.6 Å². The monoisotopic (exact) mass is 455 g/mol. The first-order valence-electron chi connectivity index (χ1n) is 6.57. The summed E-state index contributed by atoms with van der Waals surface area (Å²) in [7, 11) is 0. The van der Waals surface area contributed by atoms with E-state index in [1.165, 1.54) is 24.3 Å². The first kappa shape index (κ1) is 18.1. The molecule has 0 aromatic heterocycles. The van der Waals surface area contributed by atoms with Crippen LogP contribution < -0.4 is 5.43 Å². The molecule has 1 amide bonds. The lowest BCUT2D eigenvalue weighted by Crippen LogP contribution is -2.19. The number of amides is 1. The van der Waals surface area contributed by atoms with Crippen LogP contribution in [0.15, 0.2) is 50.4 Å². The third kappa shape index (κ3) is 4.18. The standard InChI is InChI=1S/C15H11Br2N3O4/c1-8(12-6-10(16)7-13(17)14(12)21)18-19-15(22)9-2-4-11(5-3-9)20(23)24/h2-7,21H,1H3,(H,19,22)/b18-8+. The Hall–Kier alpha value is -2.26. The zero-order chi connectivity index (χ0) is 17.9. The van der Waals surface area contributed by atoms with Gasteiger partial charge in [-0.1, -0.05) is 15.9 Å². The van der Waals surface area contributed by atoms with E-state index in [1.54, 1.807) is 19.1 Å². The van der Waals surface area contributed by atoms with E-state index >= 15 is 0 Å². The Labute approximate surface area is 153 Å². The molecule has 2 aromatic rings. The van der Waals surface area contributed by atoms with Crippen LogP contribution in [0.2, 0.25) is 0 Å². The van der Waals surface area contributed by atoms with Crippen molar-refractivity contribution in [2.24, 2.45) is 5.10 Å². The lowest BCUT2D eigenvalue weighted by Gasteiger charge is -2.07. The van der Waals surface area contributed by atoms with Gasteiger partial charge in [0.2, 0.25) is 0 Å². The molecule has 0 aliphatic rings. The lowest BCUT2D eigenvalue weighted by atomic mass is 10.1. The van der Waals surface area contributed by atoms with Crippen molar-refractivity contribution >= 4 is 49.2 Å². The zero-order valence-electron chi connectivity index (χ0n) is 12.3. The maximum atomic E-state index is 12.0. The third-order valence-corrected chi connectivity index (χ3v) is 4.15. The minimum atomic E-state index is -0.544. The average molecular weight is 457 g/mol. The number of benzene rings is 2. The largest absolute Gasteiger partial charge is 0.506 e. The van der Waals surface area contributed by atoms with Crippen LogP contribution in [0, 0.1) is 10.1 Å². The van der Waals surface area contributed by atoms with E-state index in [2.05, 4.69) is 42.4 Å². The number of hydrogen-bond donors (Lipinski definition) is 2. The van der Waals surface area contributed by atoms with Gasteiger partial charge in [-0.05, 0) is 47.1 Å². The van der Waals surface area contributed by atoms with Crippen molar-refractivity contribution in [1.29, 1.82) is 0 Å². The maximum Gasteiger partial charge on any atom is 0.271 e. The number of nitrogens with zero attached hydrogens (tertiary/aromatic N) is 2. The minimum Gasteiger partial charge on any atom is -0.506 e. The van der Waals surface area contributed by atoms with E-state index < -0.39 is 10.8 Å². The molecule has 0 saturated carbocycles. The number of nitro benzene ring substituents is 1. The summed E-state index contributed by atoms with van der Waals surface area (Å²) in [4.78, 5) is 22.1. The normalized spacial score (nSPS) is 11.2. The number of carbonyl (C=O) groups is 1. The first-order valence-corrected chi connectivity index (χ1v) is 8.15. The molecule has 9 heteroatoms. The van der Waals surface area contributed by atoms with Gasteiger partial charge < -0.3 is 5.11 Å². The van der Waals surface area contributed by atoms with Crippen LogP contribution >= 0.6 is 31.9 Å². The fourth-order valence-electron chi connectivity index (χ4n) is 1.84. The van der Waals surface area contributed by atoms with Gasteiger partial charge in [0.05, 0.1) is 15.1 Å². The molecule has 0 heterocycles. The zero-order valence-corrected chi connectivity index (χ0v) is 15.5. The fraction of sp³-hybridized carbons (Fsp3) is 0.0667. The van der Waals surface area contributed by atoms with Crippen molar-refractivity contribution in [2.45, 2.75) is 6.92 Å². The summed E-state index contributed by atoms with van der Waals surface area (Å²) < 4.78 is 1.22. The molecule has 0 aliphatic heterocycles. The molecular weight excluding hydrogens is 446 g/mol. The number of nitro groups is 1. The minimum absolute atomic E-state index is 0.00374.